The fourth-order valence-corrected chi connectivity index (χ4v) is 4.11. The quantitative estimate of drug-likeness (QED) is 0.882. The number of aliphatic hydroxyl groups is 1. The number of rotatable bonds is 4. The standard InChI is InChI=1S/C20H31NO2/c1-13(2)18-11-10-14(3)12-20(18,23)19(22)21-16(5)17-9-7-6-8-15(17)4/h6-9,13-14,16,18,23H,10-12H2,1-5H3,(H,21,22)/t14?,16?,18?,20-/m1/s1. The maximum absolute atomic E-state index is 12.9. The third-order valence-corrected chi connectivity index (χ3v) is 5.44. The Hall–Kier alpha value is -1.35. The summed E-state index contributed by atoms with van der Waals surface area (Å²) >= 11 is 0. The zero-order chi connectivity index (χ0) is 17.2. The van der Waals surface area contributed by atoms with Crippen LogP contribution in [0.15, 0.2) is 24.3 Å². The summed E-state index contributed by atoms with van der Waals surface area (Å²) in [5, 5.41) is 14.3. The predicted octanol–water partition coefficient (Wildman–Crippen LogP) is 4.00. The van der Waals surface area contributed by atoms with Crippen LogP contribution in [-0.4, -0.2) is 16.6 Å². The van der Waals surface area contributed by atoms with Crippen molar-refractivity contribution in [1.82, 2.24) is 5.32 Å². The Bertz CT molecular complexity index is 554. The minimum Gasteiger partial charge on any atom is -0.380 e. The van der Waals surface area contributed by atoms with E-state index in [2.05, 4.69) is 26.1 Å². The lowest BCUT2D eigenvalue weighted by Gasteiger charge is -2.43. The topological polar surface area (TPSA) is 49.3 Å². The summed E-state index contributed by atoms with van der Waals surface area (Å²) in [6, 6.07) is 7.97. The molecule has 0 saturated heterocycles. The molecule has 128 valence electrons. The van der Waals surface area contributed by atoms with Crippen molar-refractivity contribution in [3.63, 3.8) is 0 Å². The van der Waals surface area contributed by atoms with Gasteiger partial charge < -0.3 is 10.4 Å². The van der Waals surface area contributed by atoms with E-state index in [9.17, 15) is 9.90 Å². The van der Waals surface area contributed by atoms with Crippen LogP contribution in [0.2, 0.25) is 0 Å². The average Bonchev–Trinajstić information content (AvgIpc) is 2.46. The van der Waals surface area contributed by atoms with Crippen molar-refractivity contribution in [3.05, 3.63) is 35.4 Å². The van der Waals surface area contributed by atoms with Crippen LogP contribution in [0.5, 0.6) is 0 Å². The van der Waals surface area contributed by atoms with Gasteiger partial charge in [0.05, 0.1) is 6.04 Å². The maximum atomic E-state index is 12.9. The first kappa shape index (κ1) is 18.0. The van der Waals surface area contributed by atoms with Crippen molar-refractivity contribution in [3.8, 4) is 0 Å². The molecule has 2 N–H and O–H groups in total. The zero-order valence-corrected chi connectivity index (χ0v) is 15.1. The summed E-state index contributed by atoms with van der Waals surface area (Å²) in [7, 11) is 0. The van der Waals surface area contributed by atoms with Crippen LogP contribution >= 0.6 is 0 Å². The Morgan fingerprint density at radius 1 is 1.26 bits per heavy atom. The first-order valence-corrected chi connectivity index (χ1v) is 8.84. The summed E-state index contributed by atoms with van der Waals surface area (Å²) in [6.07, 6.45) is 2.56. The SMILES string of the molecule is Cc1ccccc1C(C)NC(=O)[C@@]1(O)CC(C)CCC1C(C)C. The van der Waals surface area contributed by atoms with Crippen LogP contribution in [-0.2, 0) is 4.79 Å². The number of amides is 1. The minimum absolute atomic E-state index is 0.0303. The smallest absolute Gasteiger partial charge is 0.252 e. The molecule has 0 heterocycles. The van der Waals surface area contributed by atoms with Crippen LogP contribution in [0.25, 0.3) is 0 Å². The summed E-state index contributed by atoms with van der Waals surface area (Å²) in [5.74, 6) is 0.503. The largest absolute Gasteiger partial charge is 0.380 e. The van der Waals surface area contributed by atoms with Gasteiger partial charge in [0, 0.05) is 0 Å². The van der Waals surface area contributed by atoms with E-state index in [1.165, 1.54) is 0 Å². The highest BCUT2D eigenvalue weighted by Crippen LogP contribution is 2.41. The first-order chi connectivity index (χ1) is 10.8. The van der Waals surface area contributed by atoms with Gasteiger partial charge >= 0.3 is 0 Å². The van der Waals surface area contributed by atoms with Crippen molar-refractivity contribution >= 4 is 5.91 Å². The molecule has 1 saturated carbocycles. The molecule has 1 fully saturated rings. The molecule has 1 aliphatic carbocycles. The lowest BCUT2D eigenvalue weighted by atomic mass is 9.66. The summed E-state index contributed by atoms with van der Waals surface area (Å²) in [6.45, 7) is 10.4. The average molecular weight is 317 g/mol. The Morgan fingerprint density at radius 3 is 2.52 bits per heavy atom. The number of carbonyl (C=O) groups excluding carboxylic acids is 1. The number of benzene rings is 1. The highest BCUT2D eigenvalue weighted by atomic mass is 16.3. The van der Waals surface area contributed by atoms with Gasteiger partial charge in [0.25, 0.3) is 5.91 Å². The molecule has 0 aromatic heterocycles. The van der Waals surface area contributed by atoms with Gasteiger partial charge in [-0.1, -0.05) is 51.5 Å². The molecule has 1 aromatic rings. The van der Waals surface area contributed by atoms with E-state index >= 15 is 0 Å². The second kappa shape index (κ2) is 7.04. The lowest BCUT2D eigenvalue weighted by molar-refractivity contribution is -0.156. The number of aryl methyl sites for hydroxylation is 1. The molecule has 1 aliphatic rings. The van der Waals surface area contributed by atoms with Gasteiger partial charge in [-0.05, 0) is 55.6 Å². The second-order valence-corrected chi connectivity index (χ2v) is 7.71. The number of nitrogens with one attached hydrogen (secondary N) is 1. The Balaban J connectivity index is 2.18. The van der Waals surface area contributed by atoms with E-state index in [4.69, 9.17) is 0 Å². The highest BCUT2D eigenvalue weighted by molar-refractivity contribution is 5.86. The van der Waals surface area contributed by atoms with Crippen LogP contribution in [0, 0.1) is 24.7 Å². The molecule has 0 radical (unpaired) electrons. The lowest BCUT2D eigenvalue weighted by Crippen LogP contribution is -2.56. The van der Waals surface area contributed by atoms with E-state index in [1.807, 2.05) is 38.1 Å². The van der Waals surface area contributed by atoms with Crippen molar-refractivity contribution < 1.29 is 9.90 Å². The Kier molecular flexibility index (Phi) is 5.51. The van der Waals surface area contributed by atoms with E-state index in [-0.39, 0.29) is 17.9 Å². The summed E-state index contributed by atoms with van der Waals surface area (Å²) in [4.78, 5) is 12.9. The van der Waals surface area contributed by atoms with Crippen LogP contribution < -0.4 is 5.32 Å². The maximum Gasteiger partial charge on any atom is 0.252 e. The molecule has 1 amide bonds. The highest BCUT2D eigenvalue weighted by Gasteiger charge is 2.48. The van der Waals surface area contributed by atoms with Crippen molar-refractivity contribution in [2.75, 3.05) is 0 Å². The van der Waals surface area contributed by atoms with Gasteiger partial charge in [0.1, 0.15) is 5.60 Å². The monoisotopic (exact) mass is 317 g/mol. The van der Waals surface area contributed by atoms with Crippen molar-refractivity contribution in [1.29, 1.82) is 0 Å². The van der Waals surface area contributed by atoms with E-state index in [0.29, 0.717) is 18.3 Å². The van der Waals surface area contributed by atoms with Gasteiger partial charge in [0.2, 0.25) is 0 Å². The van der Waals surface area contributed by atoms with Gasteiger partial charge in [0.15, 0.2) is 0 Å². The molecule has 0 spiro atoms. The molecule has 3 nitrogen and oxygen atoms in total. The predicted molar refractivity (Wildman–Crippen MR) is 94.0 cm³/mol. The van der Waals surface area contributed by atoms with Crippen LogP contribution in [0.1, 0.15) is 64.1 Å². The summed E-state index contributed by atoms with van der Waals surface area (Å²) < 4.78 is 0. The molecule has 3 unspecified atom stereocenters. The van der Waals surface area contributed by atoms with E-state index < -0.39 is 5.60 Å². The third kappa shape index (κ3) is 3.77. The van der Waals surface area contributed by atoms with Crippen molar-refractivity contribution in [2.45, 2.75) is 65.5 Å². The molecule has 23 heavy (non-hydrogen) atoms. The number of hydrogen-bond acceptors (Lipinski definition) is 2. The zero-order valence-electron chi connectivity index (χ0n) is 15.1. The second-order valence-electron chi connectivity index (χ2n) is 7.71. The fourth-order valence-electron chi connectivity index (χ4n) is 4.11. The first-order valence-electron chi connectivity index (χ1n) is 8.84. The molecule has 2 rings (SSSR count). The van der Waals surface area contributed by atoms with Crippen LogP contribution in [0.3, 0.4) is 0 Å². The minimum atomic E-state index is -1.25. The molecular weight excluding hydrogens is 286 g/mol. The Morgan fingerprint density at radius 2 is 1.91 bits per heavy atom. The van der Waals surface area contributed by atoms with E-state index in [0.717, 1.165) is 24.0 Å². The molecule has 3 heteroatoms. The van der Waals surface area contributed by atoms with Crippen LogP contribution in [0.4, 0.5) is 0 Å². The summed E-state index contributed by atoms with van der Waals surface area (Å²) in [5.41, 5.74) is 1.02. The van der Waals surface area contributed by atoms with Gasteiger partial charge in [-0.15, -0.1) is 0 Å². The van der Waals surface area contributed by atoms with Gasteiger partial charge in [-0.3, -0.25) is 4.79 Å². The fraction of sp³-hybridized carbons (Fsp3) is 0.650. The van der Waals surface area contributed by atoms with Gasteiger partial charge in [-0.25, -0.2) is 0 Å². The number of hydrogen-bond donors (Lipinski definition) is 2. The van der Waals surface area contributed by atoms with E-state index in [1.54, 1.807) is 0 Å². The molecule has 1 aromatic carbocycles. The molecular formula is C20H31NO2. The number of carbonyl (C=O) groups is 1. The Labute approximate surface area is 140 Å². The van der Waals surface area contributed by atoms with Gasteiger partial charge in [-0.2, -0.15) is 0 Å². The molecule has 4 atom stereocenters. The molecule has 0 bridgehead atoms. The van der Waals surface area contributed by atoms with Crippen molar-refractivity contribution in [2.24, 2.45) is 17.8 Å². The molecule has 0 aliphatic heterocycles. The third-order valence-electron chi connectivity index (χ3n) is 5.44. The normalized spacial score (nSPS) is 29.3.